The average Bonchev–Trinajstić information content (AvgIpc) is 3.28. The first-order valence-electron chi connectivity index (χ1n) is 11.8. The summed E-state index contributed by atoms with van der Waals surface area (Å²) >= 11 is 1.74. The second-order valence-electron chi connectivity index (χ2n) is 11.0. The third-order valence-corrected chi connectivity index (χ3v) is 13.3. The van der Waals surface area contributed by atoms with Crippen molar-refractivity contribution >= 4 is 20.1 Å². The van der Waals surface area contributed by atoms with Crippen molar-refractivity contribution in [2.75, 3.05) is 0 Å². The molecule has 1 aromatic heterocycles. The molecule has 180 valence electrons. The van der Waals surface area contributed by atoms with E-state index < -0.39 is 25.8 Å². The van der Waals surface area contributed by atoms with Gasteiger partial charge in [-0.2, -0.15) is 0 Å². The Hall–Kier alpha value is -1.61. The zero-order chi connectivity index (χ0) is 24.0. The Morgan fingerprint density at radius 2 is 1.91 bits per heavy atom. The minimum atomic E-state index is -1.99. The Bertz CT molecular complexity index is 1110. The van der Waals surface area contributed by atoms with Crippen LogP contribution in [-0.4, -0.2) is 34.8 Å². The van der Waals surface area contributed by atoms with E-state index in [4.69, 9.17) is 9.16 Å². The van der Waals surface area contributed by atoms with Gasteiger partial charge in [-0.15, -0.1) is 11.8 Å². The summed E-state index contributed by atoms with van der Waals surface area (Å²) in [5, 5.41) is 0.138. The quantitative estimate of drug-likeness (QED) is 0.583. The third-order valence-electron chi connectivity index (χ3n) is 7.57. The van der Waals surface area contributed by atoms with Crippen molar-refractivity contribution < 1.29 is 9.16 Å². The van der Waals surface area contributed by atoms with Gasteiger partial charge in [0, 0.05) is 16.7 Å². The first kappa shape index (κ1) is 24.5. The van der Waals surface area contributed by atoms with E-state index in [9.17, 15) is 9.59 Å². The van der Waals surface area contributed by atoms with Gasteiger partial charge in [0.2, 0.25) is 0 Å². The van der Waals surface area contributed by atoms with Crippen LogP contribution in [0.1, 0.15) is 58.2 Å². The van der Waals surface area contributed by atoms with Crippen LogP contribution in [-0.2, 0) is 9.16 Å². The summed E-state index contributed by atoms with van der Waals surface area (Å²) in [5.41, 5.74) is -0.693. The van der Waals surface area contributed by atoms with E-state index >= 15 is 0 Å². The molecule has 2 heterocycles. The van der Waals surface area contributed by atoms with Gasteiger partial charge in [0.1, 0.15) is 0 Å². The topological polar surface area (TPSA) is 73.3 Å². The van der Waals surface area contributed by atoms with Gasteiger partial charge in [0.05, 0.1) is 17.0 Å². The van der Waals surface area contributed by atoms with E-state index in [0.29, 0.717) is 5.56 Å². The van der Waals surface area contributed by atoms with E-state index in [1.807, 2.05) is 18.2 Å². The van der Waals surface area contributed by atoms with Crippen molar-refractivity contribution in [3.8, 4) is 0 Å². The summed E-state index contributed by atoms with van der Waals surface area (Å²) in [6.45, 7) is 13.1. The summed E-state index contributed by atoms with van der Waals surface area (Å²) in [7, 11) is -1.99. The Morgan fingerprint density at radius 1 is 1.21 bits per heavy atom. The maximum Gasteiger partial charge on any atom is 0.330 e. The molecule has 0 radical (unpaired) electrons. The molecule has 1 saturated heterocycles. The smallest absolute Gasteiger partial charge is 0.330 e. The molecule has 1 N–H and O–H groups in total. The number of nitrogens with one attached hydrogen (secondary N) is 1. The number of ether oxygens (including phenoxy) is 1. The number of aromatic nitrogens is 2. The highest BCUT2D eigenvalue weighted by molar-refractivity contribution is 8.00. The van der Waals surface area contributed by atoms with Crippen LogP contribution < -0.4 is 11.2 Å². The summed E-state index contributed by atoms with van der Waals surface area (Å²) in [6.07, 6.45) is 4.94. The normalized spacial score (nSPS) is 28.0. The van der Waals surface area contributed by atoms with Crippen LogP contribution in [0.25, 0.3) is 0 Å². The number of nitrogens with zero attached hydrogens (tertiary/aromatic N) is 1. The van der Waals surface area contributed by atoms with Gasteiger partial charge < -0.3 is 9.16 Å². The highest BCUT2D eigenvalue weighted by Crippen LogP contribution is 2.54. The predicted octanol–water partition coefficient (Wildman–Crippen LogP) is 5.24. The molecule has 4 atom stereocenters. The Kier molecular flexibility index (Phi) is 6.59. The van der Waals surface area contributed by atoms with Crippen LogP contribution in [0.2, 0.25) is 18.1 Å². The molecular weight excluding hydrogens is 452 g/mol. The molecule has 0 amide bonds. The van der Waals surface area contributed by atoms with Gasteiger partial charge >= 0.3 is 5.69 Å². The Labute approximate surface area is 201 Å². The molecule has 1 aliphatic heterocycles. The van der Waals surface area contributed by atoms with Gasteiger partial charge in [0.25, 0.3) is 5.56 Å². The molecule has 2 aromatic rings. The molecule has 0 bridgehead atoms. The second-order valence-corrected chi connectivity index (χ2v) is 17.1. The molecule has 2 fully saturated rings. The van der Waals surface area contributed by atoms with Crippen LogP contribution in [0.4, 0.5) is 0 Å². The van der Waals surface area contributed by atoms with Gasteiger partial charge in [-0.3, -0.25) is 14.3 Å². The van der Waals surface area contributed by atoms with Crippen molar-refractivity contribution in [2.24, 2.45) is 0 Å². The molecule has 1 spiro atoms. The summed E-state index contributed by atoms with van der Waals surface area (Å²) in [5.74, 6) is 0. The first-order chi connectivity index (χ1) is 15.4. The highest BCUT2D eigenvalue weighted by atomic mass is 32.2. The Balaban J connectivity index is 1.70. The van der Waals surface area contributed by atoms with Gasteiger partial charge in [-0.1, -0.05) is 39.0 Å². The maximum absolute atomic E-state index is 12.8. The third kappa shape index (κ3) is 4.80. The molecule has 8 heteroatoms. The van der Waals surface area contributed by atoms with E-state index in [1.54, 1.807) is 29.4 Å². The molecular formula is C25H36N2O4SSi. The molecule has 2 aliphatic rings. The number of aromatic amines is 1. The second kappa shape index (κ2) is 8.87. The monoisotopic (exact) mass is 488 g/mol. The summed E-state index contributed by atoms with van der Waals surface area (Å²) in [4.78, 5) is 28.4. The molecule has 0 unspecified atom stereocenters. The molecule has 33 heavy (non-hydrogen) atoms. The fourth-order valence-corrected chi connectivity index (χ4v) is 7.40. The minimum absolute atomic E-state index is 0.0156. The summed E-state index contributed by atoms with van der Waals surface area (Å²) in [6, 6.07) is 10.2. The number of H-pyrrole nitrogens is 1. The highest BCUT2D eigenvalue weighted by Gasteiger charge is 2.57. The van der Waals surface area contributed by atoms with Crippen LogP contribution in [0, 0.1) is 6.92 Å². The van der Waals surface area contributed by atoms with Gasteiger partial charge in [-0.05, 0) is 62.9 Å². The van der Waals surface area contributed by atoms with Crippen molar-refractivity contribution in [3.05, 3.63) is 62.9 Å². The minimum Gasteiger partial charge on any atom is -0.411 e. The molecule has 4 rings (SSSR count). The molecule has 1 saturated carbocycles. The average molecular weight is 489 g/mol. The van der Waals surface area contributed by atoms with Gasteiger partial charge in [-0.25, -0.2) is 4.79 Å². The van der Waals surface area contributed by atoms with Crippen molar-refractivity contribution in [1.29, 1.82) is 0 Å². The maximum atomic E-state index is 12.8. The van der Waals surface area contributed by atoms with Gasteiger partial charge in [0.15, 0.2) is 14.5 Å². The predicted molar refractivity (Wildman–Crippen MR) is 136 cm³/mol. The van der Waals surface area contributed by atoms with Crippen LogP contribution in [0.15, 0.2) is 51.0 Å². The standard InChI is InChI=1S/C25H36N2O4SSi/c1-17-16-27(23(29)26-21(17)28)22-19(32-18-11-8-7-9-12-18)15-25(30-22)14-10-13-20(25)31-33(5,6)24(2,3)4/h7-9,11-12,16,19-20,22H,10,13-15H2,1-6H3,(H,26,28,29)/t19-,20+,22-,25+/m1/s1. The van der Waals surface area contributed by atoms with E-state index in [1.165, 1.54) is 0 Å². The number of benzene rings is 1. The number of aryl methyl sites for hydroxylation is 1. The van der Waals surface area contributed by atoms with Crippen LogP contribution in [0.5, 0.6) is 0 Å². The molecule has 1 aliphatic carbocycles. The van der Waals surface area contributed by atoms with Crippen molar-refractivity contribution in [3.63, 3.8) is 0 Å². The fourth-order valence-electron chi connectivity index (χ4n) is 4.67. The fraction of sp³-hybridized carbons (Fsp3) is 0.600. The SMILES string of the molecule is Cc1cn([C@@H]2O[C@@]3(CCC[C@@H]3O[Si](C)(C)C(C)(C)C)C[C@H]2Sc2ccccc2)c(=O)[nH]c1=O. The Morgan fingerprint density at radius 3 is 2.58 bits per heavy atom. The van der Waals surface area contributed by atoms with E-state index in [-0.39, 0.29) is 22.0 Å². The largest absolute Gasteiger partial charge is 0.411 e. The lowest BCUT2D eigenvalue weighted by Gasteiger charge is -2.42. The molecule has 6 nitrogen and oxygen atoms in total. The lowest BCUT2D eigenvalue weighted by molar-refractivity contribution is -0.116. The van der Waals surface area contributed by atoms with Crippen molar-refractivity contribution in [2.45, 2.75) is 99.6 Å². The summed E-state index contributed by atoms with van der Waals surface area (Å²) < 4.78 is 15.3. The van der Waals surface area contributed by atoms with Crippen LogP contribution >= 0.6 is 11.8 Å². The zero-order valence-corrected chi connectivity index (χ0v) is 22.3. The van der Waals surface area contributed by atoms with E-state index in [0.717, 1.165) is 30.6 Å². The lowest BCUT2D eigenvalue weighted by Crippen LogP contribution is -2.50. The number of thioether (sulfide) groups is 1. The zero-order valence-electron chi connectivity index (χ0n) is 20.5. The number of hydrogen-bond donors (Lipinski definition) is 1. The molecule has 1 aromatic carbocycles. The van der Waals surface area contributed by atoms with E-state index in [2.05, 4.69) is 51.0 Å². The number of rotatable bonds is 5. The lowest BCUT2D eigenvalue weighted by atomic mass is 9.96. The van der Waals surface area contributed by atoms with Crippen molar-refractivity contribution in [1.82, 2.24) is 9.55 Å². The van der Waals surface area contributed by atoms with Crippen LogP contribution in [0.3, 0.4) is 0 Å². The first-order valence-corrected chi connectivity index (χ1v) is 15.6. The number of hydrogen-bond acceptors (Lipinski definition) is 5.